The van der Waals surface area contributed by atoms with E-state index >= 15 is 0 Å². The molecule has 6 heteroatoms. The van der Waals surface area contributed by atoms with Crippen molar-refractivity contribution in [2.75, 3.05) is 0 Å². The molecule has 0 saturated heterocycles. The number of rotatable bonds is 0. The zero-order valence-corrected chi connectivity index (χ0v) is 7.97. The Kier molecular flexibility index (Phi) is 2.03. The van der Waals surface area contributed by atoms with E-state index in [2.05, 4.69) is 51.4 Å². The SMILES string of the molecule is [S]=[V](=[S])(=[S])(=[S])=[S]. The Labute approximate surface area is 55.1 Å². The van der Waals surface area contributed by atoms with Gasteiger partial charge in [0.25, 0.3) is 0 Å². The van der Waals surface area contributed by atoms with Crippen LogP contribution in [0.2, 0.25) is 0 Å². The van der Waals surface area contributed by atoms with E-state index in [0.29, 0.717) is 0 Å². The summed E-state index contributed by atoms with van der Waals surface area (Å²) in [4.78, 5) is 0. The molecular weight excluding hydrogens is 211 g/mol. The molecule has 0 amide bonds. The summed E-state index contributed by atoms with van der Waals surface area (Å²) in [5.74, 6) is 0. The predicted octanol–water partition coefficient (Wildman–Crippen LogP) is 3.24. The first-order valence-electron chi connectivity index (χ1n) is 0.913. The van der Waals surface area contributed by atoms with Crippen molar-refractivity contribution in [2.45, 2.75) is 0 Å². The second kappa shape index (κ2) is 1.58. The van der Waals surface area contributed by atoms with Crippen LogP contribution in [0.15, 0.2) is 0 Å². The third-order valence-electron chi connectivity index (χ3n) is 0. The minimum absolute atomic E-state index is 3.57. The molecule has 0 heterocycles. The first-order chi connectivity index (χ1) is 2.24. The van der Waals surface area contributed by atoms with Gasteiger partial charge in [0.1, 0.15) is 0 Å². The van der Waals surface area contributed by atoms with Crippen LogP contribution in [0.3, 0.4) is 0 Å². The number of hydrogen-bond acceptors (Lipinski definition) is 5. The third-order valence-corrected chi connectivity index (χ3v) is 0. The van der Waals surface area contributed by atoms with Crippen LogP contribution in [0.25, 0.3) is 0 Å². The van der Waals surface area contributed by atoms with Gasteiger partial charge in [-0.3, -0.25) is 0 Å². The Balaban J connectivity index is 7.45. The topological polar surface area (TPSA) is 0 Å². The van der Waals surface area contributed by atoms with Crippen LogP contribution in [-0.2, 0) is 4.39 Å². The van der Waals surface area contributed by atoms with Gasteiger partial charge in [0.2, 0.25) is 0 Å². The second-order valence-corrected chi connectivity index (χ2v) is 27.7. The molecular formula is S5V. The third kappa shape index (κ3) is 44.0. The van der Waals surface area contributed by atoms with E-state index in [-0.39, 0.29) is 0 Å². The summed E-state index contributed by atoms with van der Waals surface area (Å²) in [6, 6.07) is 0. The summed E-state index contributed by atoms with van der Waals surface area (Å²) in [5, 5.41) is 0. The van der Waals surface area contributed by atoms with Gasteiger partial charge >= 0.3 is 55.8 Å². The fraction of sp³-hybridized carbons (Fsp3) is 0. The van der Waals surface area contributed by atoms with Crippen LogP contribution in [0.1, 0.15) is 0 Å². The molecule has 0 spiro atoms. The standard InChI is InChI=1S/5S.V. The molecule has 0 N–H and O–H groups in total. The van der Waals surface area contributed by atoms with Crippen molar-refractivity contribution in [3.63, 3.8) is 0 Å². The summed E-state index contributed by atoms with van der Waals surface area (Å²) < 4.78 is -3.57. The quantitative estimate of drug-likeness (QED) is 0.601. The Hall–Kier alpha value is 1.68. The zero-order chi connectivity index (χ0) is 5.45. The van der Waals surface area contributed by atoms with Crippen molar-refractivity contribution < 1.29 is 4.39 Å². The summed E-state index contributed by atoms with van der Waals surface area (Å²) >= 11 is 0. The van der Waals surface area contributed by atoms with Gasteiger partial charge in [0.05, 0.1) is 0 Å². The van der Waals surface area contributed by atoms with Crippen LogP contribution in [0, 0.1) is 0 Å². The van der Waals surface area contributed by atoms with Gasteiger partial charge < -0.3 is 0 Å². The molecule has 0 unspecified atom stereocenters. The Morgan fingerprint density at radius 1 is 0.667 bits per heavy atom. The van der Waals surface area contributed by atoms with Crippen LogP contribution in [0.5, 0.6) is 0 Å². The molecule has 0 aliphatic carbocycles. The molecule has 0 saturated carbocycles. The summed E-state index contributed by atoms with van der Waals surface area (Å²) in [6.45, 7) is 0. The first kappa shape index (κ1) is 7.68. The molecule has 6 heavy (non-hydrogen) atoms. The molecule has 0 aromatic carbocycles. The fourth-order valence-electron chi connectivity index (χ4n) is 0. The Morgan fingerprint density at radius 3 is 0.667 bits per heavy atom. The molecule has 0 aliphatic rings. The van der Waals surface area contributed by atoms with Crippen molar-refractivity contribution in [3.8, 4) is 0 Å². The van der Waals surface area contributed by atoms with Gasteiger partial charge in [-0.15, -0.1) is 0 Å². The average Bonchev–Trinajstić information content (AvgIpc) is 0.650. The monoisotopic (exact) mass is 211 g/mol. The zero-order valence-electron chi connectivity index (χ0n) is 2.49. The normalized spacial score (nSPS) is 10.0. The summed E-state index contributed by atoms with van der Waals surface area (Å²) in [7, 11) is 22.4. The fourth-order valence-corrected chi connectivity index (χ4v) is 0. The van der Waals surface area contributed by atoms with Gasteiger partial charge in [0.15, 0.2) is 0 Å². The maximum absolute atomic E-state index is 4.47. The molecule has 0 aliphatic heterocycles. The molecule has 0 fully saturated rings. The van der Waals surface area contributed by atoms with Crippen molar-refractivity contribution >= 4 is 51.4 Å². The molecule has 0 nitrogen and oxygen atoms in total. The van der Waals surface area contributed by atoms with Crippen LogP contribution in [-0.4, -0.2) is 0 Å². The molecule has 0 radical (unpaired) electrons. The molecule has 0 aromatic heterocycles. The van der Waals surface area contributed by atoms with E-state index in [9.17, 15) is 0 Å². The van der Waals surface area contributed by atoms with Crippen molar-refractivity contribution in [1.82, 2.24) is 0 Å². The molecule has 0 bridgehead atoms. The van der Waals surface area contributed by atoms with Gasteiger partial charge in [-0.05, 0) is 0 Å². The minimum atomic E-state index is -3.57. The summed E-state index contributed by atoms with van der Waals surface area (Å²) in [5.41, 5.74) is 0. The van der Waals surface area contributed by atoms with E-state index in [1.54, 1.807) is 0 Å². The summed E-state index contributed by atoms with van der Waals surface area (Å²) in [6.07, 6.45) is 0. The first-order valence-corrected chi connectivity index (χ1v) is 11.3. The Morgan fingerprint density at radius 2 is 0.667 bits per heavy atom. The Bertz CT molecular complexity index is 274. The van der Waals surface area contributed by atoms with Crippen LogP contribution >= 0.6 is 51.4 Å². The molecule has 0 aromatic rings. The molecule has 35 valence electrons. The van der Waals surface area contributed by atoms with E-state index in [1.807, 2.05) is 0 Å². The maximum atomic E-state index is 4.47. The molecule has 0 atom stereocenters. The van der Waals surface area contributed by atoms with E-state index < -0.39 is 4.39 Å². The van der Waals surface area contributed by atoms with Crippen molar-refractivity contribution in [2.24, 2.45) is 0 Å². The van der Waals surface area contributed by atoms with Gasteiger partial charge in [-0.2, -0.15) is 0 Å². The number of hydrogen-bond donors (Lipinski definition) is 0. The predicted molar refractivity (Wildman–Crippen MR) is 38.0 cm³/mol. The second-order valence-electron chi connectivity index (χ2n) is 0.745. The van der Waals surface area contributed by atoms with E-state index in [1.165, 1.54) is 0 Å². The van der Waals surface area contributed by atoms with E-state index in [0.717, 1.165) is 0 Å². The van der Waals surface area contributed by atoms with Crippen LogP contribution < -0.4 is 0 Å². The van der Waals surface area contributed by atoms with Crippen molar-refractivity contribution in [3.05, 3.63) is 0 Å². The van der Waals surface area contributed by atoms with Gasteiger partial charge in [-0.1, -0.05) is 0 Å². The van der Waals surface area contributed by atoms with Crippen molar-refractivity contribution in [1.29, 1.82) is 0 Å². The van der Waals surface area contributed by atoms with E-state index in [4.69, 9.17) is 0 Å². The van der Waals surface area contributed by atoms with Crippen LogP contribution in [0.4, 0.5) is 0 Å². The van der Waals surface area contributed by atoms with Gasteiger partial charge in [0, 0.05) is 0 Å². The molecule has 0 rings (SSSR count). The average molecular weight is 211 g/mol. The van der Waals surface area contributed by atoms with Gasteiger partial charge in [-0.25, -0.2) is 0 Å².